The molecule has 0 aliphatic rings. The highest BCUT2D eigenvalue weighted by molar-refractivity contribution is 9.10. The third kappa shape index (κ3) is 2.54. The maximum atomic E-state index is 6.76. The van der Waals surface area contributed by atoms with Crippen LogP contribution in [0.15, 0.2) is 77.3 Å². The van der Waals surface area contributed by atoms with Gasteiger partial charge in [-0.1, -0.05) is 51.8 Å². The van der Waals surface area contributed by atoms with Gasteiger partial charge in [0, 0.05) is 55.4 Å². The third-order valence-electron chi connectivity index (χ3n) is 5.21. The summed E-state index contributed by atoms with van der Waals surface area (Å²) >= 11 is 14.0. The first-order valence-corrected chi connectivity index (χ1v) is 11.7. The molecule has 134 valence electrons. The maximum absolute atomic E-state index is 6.76. The summed E-state index contributed by atoms with van der Waals surface area (Å²) < 4.78 is 6.29. The standard InChI is InChI=1S/C24H12BrClS2/c25-14-6-8-23-18(10-14)17-9-13(5-7-22(17)27-23)16-12-24-19(11-20(16)26)15-3-1-2-4-21(15)28-24/h1-12H. The lowest BCUT2D eigenvalue weighted by Gasteiger charge is -2.06. The number of hydrogen-bond donors (Lipinski definition) is 0. The van der Waals surface area contributed by atoms with Crippen LogP contribution in [-0.4, -0.2) is 0 Å². The van der Waals surface area contributed by atoms with Gasteiger partial charge in [0.05, 0.1) is 0 Å². The summed E-state index contributed by atoms with van der Waals surface area (Å²) in [5.41, 5.74) is 2.26. The Morgan fingerprint density at radius 2 is 1.29 bits per heavy atom. The van der Waals surface area contributed by atoms with E-state index in [1.165, 1.54) is 40.3 Å². The molecule has 4 heteroatoms. The Morgan fingerprint density at radius 1 is 0.607 bits per heavy atom. The zero-order valence-electron chi connectivity index (χ0n) is 14.5. The zero-order valence-corrected chi connectivity index (χ0v) is 18.5. The summed E-state index contributed by atoms with van der Waals surface area (Å²) in [7, 11) is 0. The summed E-state index contributed by atoms with van der Waals surface area (Å²) in [6.45, 7) is 0. The number of fused-ring (bicyclic) bond motifs is 6. The molecule has 0 amide bonds. The van der Waals surface area contributed by atoms with Crippen molar-refractivity contribution in [3.8, 4) is 11.1 Å². The Kier molecular flexibility index (Phi) is 3.82. The average Bonchev–Trinajstić information content (AvgIpc) is 3.24. The normalized spacial score (nSPS) is 11.9. The first-order chi connectivity index (χ1) is 13.7. The third-order valence-corrected chi connectivity index (χ3v) is 8.30. The van der Waals surface area contributed by atoms with E-state index in [9.17, 15) is 0 Å². The lowest BCUT2D eigenvalue weighted by molar-refractivity contribution is 1.72. The summed E-state index contributed by atoms with van der Waals surface area (Å²) in [5, 5.41) is 5.89. The lowest BCUT2D eigenvalue weighted by atomic mass is 10.0. The fraction of sp³-hybridized carbons (Fsp3) is 0. The van der Waals surface area contributed by atoms with E-state index in [-0.39, 0.29) is 0 Å². The Balaban J connectivity index is 1.62. The first-order valence-electron chi connectivity index (χ1n) is 8.90. The molecule has 6 aromatic rings. The van der Waals surface area contributed by atoms with E-state index >= 15 is 0 Å². The van der Waals surface area contributed by atoms with Crippen LogP contribution in [0.2, 0.25) is 5.02 Å². The second-order valence-corrected chi connectivity index (χ2v) is 10.4. The van der Waals surface area contributed by atoms with Crippen molar-refractivity contribution in [2.75, 3.05) is 0 Å². The van der Waals surface area contributed by atoms with Crippen molar-refractivity contribution < 1.29 is 0 Å². The quantitative estimate of drug-likeness (QED) is 0.220. The summed E-state index contributed by atoms with van der Waals surface area (Å²) in [4.78, 5) is 0. The molecule has 2 aromatic heterocycles. The van der Waals surface area contributed by atoms with Gasteiger partial charge in [0.2, 0.25) is 0 Å². The van der Waals surface area contributed by atoms with E-state index in [0.717, 1.165) is 20.6 Å². The number of hydrogen-bond acceptors (Lipinski definition) is 2. The van der Waals surface area contributed by atoms with Crippen molar-refractivity contribution in [2.45, 2.75) is 0 Å². The monoisotopic (exact) mass is 478 g/mol. The van der Waals surface area contributed by atoms with Crippen LogP contribution < -0.4 is 0 Å². The average molecular weight is 480 g/mol. The van der Waals surface area contributed by atoms with Crippen LogP contribution >= 0.6 is 50.2 Å². The topological polar surface area (TPSA) is 0 Å². The molecule has 0 bridgehead atoms. The first kappa shape index (κ1) is 17.0. The zero-order chi connectivity index (χ0) is 18.8. The molecule has 0 saturated heterocycles. The molecule has 4 aromatic carbocycles. The number of benzene rings is 4. The highest BCUT2D eigenvalue weighted by atomic mass is 79.9. The highest BCUT2D eigenvalue weighted by Gasteiger charge is 2.13. The molecule has 0 radical (unpaired) electrons. The molecule has 0 fully saturated rings. The smallest absolute Gasteiger partial charge is 0.0491 e. The van der Waals surface area contributed by atoms with Gasteiger partial charge < -0.3 is 0 Å². The molecule has 0 unspecified atom stereocenters. The molecule has 0 spiro atoms. The second-order valence-electron chi connectivity index (χ2n) is 6.88. The summed E-state index contributed by atoms with van der Waals surface area (Å²) in [6, 6.07) is 26.1. The Hall–Kier alpha value is -1.91. The van der Waals surface area contributed by atoms with E-state index in [4.69, 9.17) is 11.6 Å². The molecule has 0 aliphatic carbocycles. The molecule has 0 N–H and O–H groups in total. The van der Waals surface area contributed by atoms with Gasteiger partial charge in [-0.05, 0) is 54.1 Å². The Labute approximate surface area is 183 Å². The molecular weight excluding hydrogens is 468 g/mol. The van der Waals surface area contributed by atoms with Gasteiger partial charge in [0.15, 0.2) is 0 Å². The molecule has 6 rings (SSSR count). The Morgan fingerprint density at radius 3 is 2.18 bits per heavy atom. The van der Waals surface area contributed by atoms with Gasteiger partial charge in [-0.25, -0.2) is 0 Å². The van der Waals surface area contributed by atoms with E-state index < -0.39 is 0 Å². The minimum atomic E-state index is 0.802. The number of rotatable bonds is 1. The number of thiophene rings is 2. The van der Waals surface area contributed by atoms with Gasteiger partial charge in [-0.2, -0.15) is 0 Å². The molecular formula is C24H12BrClS2. The minimum Gasteiger partial charge on any atom is -0.135 e. The van der Waals surface area contributed by atoms with Crippen LogP contribution in [0.1, 0.15) is 0 Å². The predicted molar refractivity (Wildman–Crippen MR) is 130 cm³/mol. The van der Waals surface area contributed by atoms with Crippen molar-refractivity contribution in [1.29, 1.82) is 0 Å². The van der Waals surface area contributed by atoms with Crippen LogP contribution in [-0.2, 0) is 0 Å². The van der Waals surface area contributed by atoms with Crippen molar-refractivity contribution in [3.05, 3.63) is 82.3 Å². The SMILES string of the molecule is Clc1cc2c(cc1-c1ccc3sc4ccc(Br)cc4c3c1)sc1ccccc12. The van der Waals surface area contributed by atoms with E-state index in [0.29, 0.717) is 0 Å². The molecule has 0 nitrogen and oxygen atoms in total. The summed E-state index contributed by atoms with van der Waals surface area (Å²) in [6.07, 6.45) is 0. The fourth-order valence-electron chi connectivity index (χ4n) is 3.88. The molecule has 2 heterocycles. The lowest BCUT2D eigenvalue weighted by Crippen LogP contribution is -1.80. The van der Waals surface area contributed by atoms with Gasteiger partial charge in [0.1, 0.15) is 0 Å². The Bertz CT molecular complexity index is 1540. The van der Waals surface area contributed by atoms with Crippen molar-refractivity contribution in [2.24, 2.45) is 0 Å². The van der Waals surface area contributed by atoms with Crippen LogP contribution in [0, 0.1) is 0 Å². The van der Waals surface area contributed by atoms with Gasteiger partial charge >= 0.3 is 0 Å². The van der Waals surface area contributed by atoms with Crippen LogP contribution in [0.3, 0.4) is 0 Å². The highest BCUT2D eigenvalue weighted by Crippen LogP contribution is 2.42. The van der Waals surface area contributed by atoms with E-state index in [1.807, 2.05) is 22.7 Å². The van der Waals surface area contributed by atoms with Crippen LogP contribution in [0.25, 0.3) is 51.5 Å². The summed E-state index contributed by atoms with van der Waals surface area (Å²) in [5.74, 6) is 0. The van der Waals surface area contributed by atoms with E-state index in [1.54, 1.807) is 0 Å². The largest absolute Gasteiger partial charge is 0.135 e. The number of halogens is 2. The van der Waals surface area contributed by atoms with Crippen molar-refractivity contribution in [3.63, 3.8) is 0 Å². The molecule has 28 heavy (non-hydrogen) atoms. The molecule has 0 atom stereocenters. The molecule has 0 saturated carbocycles. The fourth-order valence-corrected chi connectivity index (χ4v) is 6.71. The maximum Gasteiger partial charge on any atom is 0.0491 e. The minimum absolute atomic E-state index is 0.802. The van der Waals surface area contributed by atoms with Crippen molar-refractivity contribution >= 4 is 90.5 Å². The molecule has 0 aliphatic heterocycles. The van der Waals surface area contributed by atoms with Gasteiger partial charge in [-0.15, -0.1) is 22.7 Å². The van der Waals surface area contributed by atoms with Gasteiger partial charge in [-0.3, -0.25) is 0 Å². The van der Waals surface area contributed by atoms with Crippen LogP contribution in [0.4, 0.5) is 0 Å². The van der Waals surface area contributed by atoms with Crippen molar-refractivity contribution in [1.82, 2.24) is 0 Å². The van der Waals surface area contributed by atoms with Gasteiger partial charge in [0.25, 0.3) is 0 Å². The van der Waals surface area contributed by atoms with E-state index in [2.05, 4.69) is 88.7 Å². The predicted octanol–water partition coefficient (Wildman–Crippen LogP) is 9.51. The second kappa shape index (κ2) is 6.30. The van der Waals surface area contributed by atoms with Crippen LogP contribution in [0.5, 0.6) is 0 Å².